The van der Waals surface area contributed by atoms with Gasteiger partial charge in [-0.3, -0.25) is 0 Å². The van der Waals surface area contributed by atoms with Crippen LogP contribution in [0.1, 0.15) is 19.8 Å². The summed E-state index contributed by atoms with van der Waals surface area (Å²) in [5, 5.41) is 2.52. The summed E-state index contributed by atoms with van der Waals surface area (Å²) >= 11 is 2.33. The lowest BCUT2D eigenvalue weighted by atomic mass is 10.1. The summed E-state index contributed by atoms with van der Waals surface area (Å²) in [6.07, 6.45) is 2.29. The van der Waals surface area contributed by atoms with Crippen molar-refractivity contribution in [2.45, 2.75) is 19.8 Å². The van der Waals surface area contributed by atoms with E-state index in [1.54, 1.807) is 0 Å². The van der Waals surface area contributed by atoms with Crippen LogP contribution in [-0.2, 0) is 0 Å². The topological polar surface area (TPSA) is 9.23 Å². The highest BCUT2D eigenvalue weighted by molar-refractivity contribution is 14.1. The largest absolute Gasteiger partial charge is 0.494 e. The zero-order valence-electron chi connectivity index (χ0n) is 9.37. The standard InChI is InChI=1S/C14H15IO/c1-2-3-8-16-14-7-5-11-9-13(15)6-4-12(11)10-14/h4-7,9-10H,2-3,8H2,1H3. The van der Waals surface area contributed by atoms with E-state index >= 15 is 0 Å². The van der Waals surface area contributed by atoms with Crippen molar-refractivity contribution in [2.24, 2.45) is 0 Å². The summed E-state index contributed by atoms with van der Waals surface area (Å²) in [5.74, 6) is 0.974. The van der Waals surface area contributed by atoms with Gasteiger partial charge in [-0.25, -0.2) is 0 Å². The van der Waals surface area contributed by atoms with Crippen molar-refractivity contribution in [1.29, 1.82) is 0 Å². The minimum Gasteiger partial charge on any atom is -0.494 e. The maximum atomic E-state index is 5.68. The molecule has 0 bridgehead atoms. The van der Waals surface area contributed by atoms with Gasteiger partial charge in [0, 0.05) is 3.57 Å². The second kappa shape index (κ2) is 5.53. The van der Waals surface area contributed by atoms with E-state index < -0.39 is 0 Å². The Morgan fingerprint density at radius 2 is 1.81 bits per heavy atom. The van der Waals surface area contributed by atoms with Crippen LogP contribution in [0, 0.1) is 3.57 Å². The van der Waals surface area contributed by atoms with Crippen LogP contribution < -0.4 is 4.74 Å². The molecule has 0 spiro atoms. The van der Waals surface area contributed by atoms with Crippen molar-refractivity contribution in [1.82, 2.24) is 0 Å². The molecule has 2 aromatic rings. The van der Waals surface area contributed by atoms with Crippen molar-refractivity contribution < 1.29 is 4.74 Å². The molecule has 0 aromatic heterocycles. The molecule has 2 aromatic carbocycles. The summed E-state index contributed by atoms with van der Waals surface area (Å²) in [4.78, 5) is 0. The van der Waals surface area contributed by atoms with Crippen molar-refractivity contribution in [3.63, 3.8) is 0 Å². The Balaban J connectivity index is 2.20. The molecule has 0 heterocycles. The summed E-state index contributed by atoms with van der Waals surface area (Å²) in [6, 6.07) is 12.7. The second-order valence-electron chi connectivity index (χ2n) is 3.86. The third kappa shape index (κ3) is 2.88. The van der Waals surface area contributed by atoms with Gasteiger partial charge in [0.15, 0.2) is 0 Å². The normalized spacial score (nSPS) is 10.6. The molecule has 0 saturated carbocycles. The zero-order chi connectivity index (χ0) is 11.4. The van der Waals surface area contributed by atoms with E-state index in [1.807, 2.05) is 6.07 Å². The fourth-order valence-electron chi connectivity index (χ4n) is 1.62. The van der Waals surface area contributed by atoms with E-state index in [1.165, 1.54) is 20.8 Å². The predicted molar refractivity (Wildman–Crippen MR) is 77.1 cm³/mol. The molecule has 0 aliphatic rings. The van der Waals surface area contributed by atoms with Crippen LogP contribution in [0.5, 0.6) is 5.75 Å². The number of ether oxygens (including phenoxy) is 1. The maximum absolute atomic E-state index is 5.68. The molecule has 0 N–H and O–H groups in total. The van der Waals surface area contributed by atoms with Crippen LogP contribution in [0.25, 0.3) is 10.8 Å². The Labute approximate surface area is 110 Å². The summed E-state index contributed by atoms with van der Waals surface area (Å²) in [6.45, 7) is 2.98. The number of unbranched alkanes of at least 4 members (excludes halogenated alkanes) is 1. The molecule has 0 aliphatic heterocycles. The van der Waals surface area contributed by atoms with Crippen molar-refractivity contribution >= 4 is 33.4 Å². The van der Waals surface area contributed by atoms with Crippen molar-refractivity contribution in [3.05, 3.63) is 40.0 Å². The first kappa shape index (κ1) is 11.7. The fourth-order valence-corrected chi connectivity index (χ4v) is 2.13. The molecule has 0 fully saturated rings. The first-order valence-corrected chi connectivity index (χ1v) is 6.69. The molecular weight excluding hydrogens is 311 g/mol. The molecule has 0 radical (unpaired) electrons. The van der Waals surface area contributed by atoms with E-state index in [0.29, 0.717) is 0 Å². The first-order valence-electron chi connectivity index (χ1n) is 5.61. The quantitative estimate of drug-likeness (QED) is 0.588. The van der Waals surface area contributed by atoms with Crippen LogP contribution >= 0.6 is 22.6 Å². The lowest BCUT2D eigenvalue weighted by Crippen LogP contribution is -1.95. The molecule has 1 nitrogen and oxygen atoms in total. The van der Waals surface area contributed by atoms with Gasteiger partial charge in [0.1, 0.15) is 5.75 Å². The Hall–Kier alpha value is -0.770. The Kier molecular flexibility index (Phi) is 4.04. The van der Waals surface area contributed by atoms with Crippen LogP contribution in [0.15, 0.2) is 36.4 Å². The van der Waals surface area contributed by atoms with Gasteiger partial charge in [-0.2, -0.15) is 0 Å². The number of rotatable bonds is 4. The number of halogens is 1. The van der Waals surface area contributed by atoms with Gasteiger partial charge in [-0.05, 0) is 64.0 Å². The van der Waals surface area contributed by atoms with Crippen LogP contribution in [0.2, 0.25) is 0 Å². The smallest absolute Gasteiger partial charge is 0.119 e. The fraction of sp³-hybridized carbons (Fsp3) is 0.286. The monoisotopic (exact) mass is 326 g/mol. The summed E-state index contributed by atoms with van der Waals surface area (Å²) in [7, 11) is 0. The Morgan fingerprint density at radius 3 is 2.62 bits per heavy atom. The van der Waals surface area contributed by atoms with Crippen LogP contribution in [0.4, 0.5) is 0 Å². The average Bonchev–Trinajstić information content (AvgIpc) is 2.29. The molecule has 2 heteroatoms. The van der Waals surface area contributed by atoms with Gasteiger partial charge in [0.2, 0.25) is 0 Å². The molecule has 2 rings (SSSR count). The third-order valence-electron chi connectivity index (χ3n) is 2.54. The van der Waals surface area contributed by atoms with Gasteiger partial charge in [0.25, 0.3) is 0 Å². The number of hydrogen-bond acceptors (Lipinski definition) is 1. The van der Waals surface area contributed by atoms with Crippen LogP contribution in [0.3, 0.4) is 0 Å². The van der Waals surface area contributed by atoms with E-state index in [9.17, 15) is 0 Å². The van der Waals surface area contributed by atoms with E-state index in [0.717, 1.165) is 18.8 Å². The minimum absolute atomic E-state index is 0.812. The van der Waals surface area contributed by atoms with Crippen molar-refractivity contribution in [3.8, 4) is 5.75 Å². The first-order chi connectivity index (χ1) is 7.79. The molecule has 0 atom stereocenters. The lowest BCUT2D eigenvalue weighted by molar-refractivity contribution is 0.310. The van der Waals surface area contributed by atoms with E-state index in [4.69, 9.17) is 4.74 Å². The third-order valence-corrected chi connectivity index (χ3v) is 3.21. The second-order valence-corrected chi connectivity index (χ2v) is 5.10. The minimum atomic E-state index is 0.812. The zero-order valence-corrected chi connectivity index (χ0v) is 11.5. The lowest BCUT2D eigenvalue weighted by Gasteiger charge is -2.06. The van der Waals surface area contributed by atoms with Crippen LogP contribution in [-0.4, -0.2) is 6.61 Å². The molecule has 0 saturated heterocycles. The summed E-state index contributed by atoms with van der Waals surface area (Å²) in [5.41, 5.74) is 0. The highest BCUT2D eigenvalue weighted by Gasteiger charge is 1.98. The Morgan fingerprint density at radius 1 is 1.06 bits per heavy atom. The van der Waals surface area contributed by atoms with Crippen molar-refractivity contribution in [2.75, 3.05) is 6.61 Å². The highest BCUT2D eigenvalue weighted by Crippen LogP contribution is 2.22. The van der Waals surface area contributed by atoms with E-state index in [2.05, 4.69) is 59.8 Å². The highest BCUT2D eigenvalue weighted by atomic mass is 127. The average molecular weight is 326 g/mol. The van der Waals surface area contributed by atoms with Gasteiger partial charge in [0.05, 0.1) is 6.61 Å². The van der Waals surface area contributed by atoms with Gasteiger partial charge in [-0.1, -0.05) is 25.5 Å². The van der Waals surface area contributed by atoms with Gasteiger partial charge in [-0.15, -0.1) is 0 Å². The number of hydrogen-bond donors (Lipinski definition) is 0. The Bertz CT molecular complexity index is 479. The molecule has 0 unspecified atom stereocenters. The SMILES string of the molecule is CCCCOc1ccc2cc(I)ccc2c1. The van der Waals surface area contributed by atoms with E-state index in [-0.39, 0.29) is 0 Å². The van der Waals surface area contributed by atoms with Gasteiger partial charge >= 0.3 is 0 Å². The molecule has 0 amide bonds. The molecule has 84 valence electrons. The van der Waals surface area contributed by atoms with Gasteiger partial charge < -0.3 is 4.74 Å². The molecule has 0 aliphatic carbocycles. The number of fused-ring (bicyclic) bond motifs is 1. The summed E-state index contributed by atoms with van der Waals surface area (Å²) < 4.78 is 6.95. The number of benzene rings is 2. The molecule has 16 heavy (non-hydrogen) atoms. The molecular formula is C14H15IO. The predicted octanol–water partition coefficient (Wildman–Crippen LogP) is 4.62. The maximum Gasteiger partial charge on any atom is 0.119 e.